The van der Waals surface area contributed by atoms with E-state index in [2.05, 4.69) is 0 Å². The summed E-state index contributed by atoms with van der Waals surface area (Å²) in [5, 5.41) is 0.845. The second kappa shape index (κ2) is 11.7. The number of ether oxygens (including phenoxy) is 3. The van der Waals surface area contributed by atoms with Crippen molar-refractivity contribution in [3.8, 4) is 17.2 Å². The van der Waals surface area contributed by atoms with Gasteiger partial charge >= 0.3 is 5.63 Å². The third-order valence-corrected chi connectivity index (χ3v) is 7.35. The van der Waals surface area contributed by atoms with E-state index >= 15 is 0 Å². The number of furan rings is 1. The molecule has 2 aromatic heterocycles. The van der Waals surface area contributed by atoms with Crippen LogP contribution >= 0.6 is 0 Å². The number of methoxy groups -OCH3 is 2. The molecule has 42 heavy (non-hydrogen) atoms. The van der Waals surface area contributed by atoms with Gasteiger partial charge in [0.25, 0.3) is 10.1 Å². The number of rotatable bonds is 9. The maximum Gasteiger partial charge on any atom is 0.361 e. The highest BCUT2D eigenvalue weighted by Gasteiger charge is 2.25. The number of allylic oxidation sites excluding steroid dienone is 2. The fraction of sp³-hybridized carbons (Fsp3) is 0.233. The highest BCUT2D eigenvalue weighted by atomic mass is 32.2. The van der Waals surface area contributed by atoms with Gasteiger partial charge in [-0.05, 0) is 55.8 Å². The van der Waals surface area contributed by atoms with Gasteiger partial charge in [0.05, 0.1) is 19.9 Å². The molecule has 1 N–H and O–H groups in total. The van der Waals surface area contributed by atoms with Gasteiger partial charge in [0, 0.05) is 35.7 Å². The third-order valence-electron chi connectivity index (χ3n) is 6.77. The molecule has 11 nitrogen and oxygen atoms in total. The maximum absolute atomic E-state index is 12.8. The standard InChI is InChI=1S/C30H30N2O9S/c1-5-21-22-12-10-19(37-3)16-26(22)39-25(21)8-7-9-28-32(18-42(34,35)36)24(30(33)41-28)14-15-29-31(6-2)23-13-11-20(38-4)17-27(23)40-29/h7-17H,5-6,18H2,1-4H3,(H,34,35,36)/b8-7+,24-14-,28-9-,29-15-. The zero-order chi connectivity index (χ0) is 30.0. The van der Waals surface area contributed by atoms with Crippen LogP contribution in [-0.2, 0) is 22.4 Å². The van der Waals surface area contributed by atoms with Gasteiger partial charge in [0.1, 0.15) is 28.2 Å². The van der Waals surface area contributed by atoms with Crippen LogP contribution < -0.4 is 35.6 Å². The van der Waals surface area contributed by atoms with Crippen molar-refractivity contribution in [2.45, 2.75) is 26.1 Å². The first kappa shape index (κ1) is 28.8. The number of nitrogens with zero attached hydrogens (tertiary/aromatic N) is 2. The molecule has 12 heteroatoms. The van der Waals surface area contributed by atoms with E-state index in [-0.39, 0.29) is 10.9 Å². The van der Waals surface area contributed by atoms with E-state index in [1.165, 1.54) is 12.2 Å². The lowest BCUT2D eigenvalue weighted by Crippen LogP contribution is -2.34. The number of hydrogen-bond acceptors (Lipinski definition) is 9. The van der Waals surface area contributed by atoms with Gasteiger partial charge in [-0.1, -0.05) is 13.0 Å². The van der Waals surface area contributed by atoms with Crippen molar-refractivity contribution in [1.29, 1.82) is 0 Å². The van der Waals surface area contributed by atoms with E-state index in [4.69, 9.17) is 23.0 Å². The summed E-state index contributed by atoms with van der Waals surface area (Å²) in [7, 11) is -1.40. The molecule has 1 aliphatic heterocycles. The number of benzene rings is 2. The van der Waals surface area contributed by atoms with Gasteiger partial charge in [0.2, 0.25) is 11.4 Å². The second-order valence-electron chi connectivity index (χ2n) is 9.29. The summed E-state index contributed by atoms with van der Waals surface area (Å²) in [6.07, 6.45) is 8.33. The average Bonchev–Trinajstić information content (AvgIpc) is 3.59. The maximum atomic E-state index is 12.8. The quantitative estimate of drug-likeness (QED) is 0.286. The zero-order valence-corrected chi connectivity index (χ0v) is 24.3. The van der Waals surface area contributed by atoms with E-state index in [0.29, 0.717) is 47.4 Å². The predicted molar refractivity (Wildman–Crippen MR) is 159 cm³/mol. The Hall–Kier alpha value is -4.68. The molecule has 0 unspecified atom stereocenters. The Morgan fingerprint density at radius 1 is 0.976 bits per heavy atom. The van der Waals surface area contributed by atoms with Crippen LogP contribution in [0.1, 0.15) is 25.2 Å². The normalized spacial score (nSPS) is 15.3. The van der Waals surface area contributed by atoms with E-state index in [1.54, 1.807) is 44.6 Å². The summed E-state index contributed by atoms with van der Waals surface area (Å²) in [5.74, 6) is 1.98. The van der Waals surface area contributed by atoms with E-state index in [9.17, 15) is 17.8 Å². The summed E-state index contributed by atoms with van der Waals surface area (Å²) in [6, 6.07) is 11.0. The van der Waals surface area contributed by atoms with Crippen molar-refractivity contribution in [2.75, 3.05) is 25.7 Å². The summed E-state index contributed by atoms with van der Waals surface area (Å²) in [6.45, 7) is 4.51. The number of hydrogen-bond donors (Lipinski definition) is 1. The average molecular weight is 595 g/mol. The van der Waals surface area contributed by atoms with Crippen LogP contribution in [0.2, 0.25) is 0 Å². The summed E-state index contributed by atoms with van der Waals surface area (Å²) < 4.78 is 62.3. The van der Waals surface area contributed by atoms with Crippen molar-refractivity contribution >= 4 is 45.0 Å². The first-order valence-electron chi connectivity index (χ1n) is 13.1. The van der Waals surface area contributed by atoms with Gasteiger partial charge < -0.3 is 27.9 Å². The molecule has 0 radical (unpaired) electrons. The third kappa shape index (κ3) is 5.71. The lowest BCUT2D eigenvalue weighted by Gasteiger charge is -2.14. The van der Waals surface area contributed by atoms with Crippen molar-refractivity contribution in [3.05, 3.63) is 87.1 Å². The lowest BCUT2D eigenvalue weighted by molar-refractivity contribution is 0.406. The Morgan fingerprint density at radius 2 is 1.71 bits per heavy atom. The number of aryl methyl sites for hydroxylation is 1. The van der Waals surface area contributed by atoms with Gasteiger partial charge in [0.15, 0.2) is 11.6 Å². The Kier molecular flexibility index (Phi) is 8.01. The first-order valence-corrected chi connectivity index (χ1v) is 14.7. The van der Waals surface area contributed by atoms with Crippen LogP contribution in [0.15, 0.2) is 68.1 Å². The number of fused-ring (bicyclic) bond motifs is 2. The fourth-order valence-electron chi connectivity index (χ4n) is 4.82. The van der Waals surface area contributed by atoms with Crippen LogP contribution in [0.5, 0.6) is 17.2 Å². The second-order valence-corrected chi connectivity index (χ2v) is 10.7. The minimum atomic E-state index is -4.53. The molecule has 0 bridgehead atoms. The molecule has 3 heterocycles. The fourth-order valence-corrected chi connectivity index (χ4v) is 5.41. The molecule has 2 aromatic carbocycles. The van der Waals surface area contributed by atoms with Gasteiger partial charge in [-0.15, -0.1) is 0 Å². The molecule has 0 amide bonds. The molecule has 0 saturated carbocycles. The number of anilines is 1. The molecule has 4 aromatic rings. The van der Waals surface area contributed by atoms with E-state index < -0.39 is 21.6 Å². The van der Waals surface area contributed by atoms with Crippen molar-refractivity contribution < 1.29 is 36.0 Å². The molecular weight excluding hydrogens is 564 g/mol. The van der Waals surface area contributed by atoms with Crippen molar-refractivity contribution in [3.63, 3.8) is 0 Å². The molecule has 0 aliphatic carbocycles. The minimum absolute atomic E-state index is 0.0814. The zero-order valence-electron chi connectivity index (χ0n) is 23.5. The van der Waals surface area contributed by atoms with Crippen LogP contribution in [0.4, 0.5) is 5.69 Å². The Morgan fingerprint density at radius 3 is 2.40 bits per heavy atom. The number of aromatic nitrogens is 1. The monoisotopic (exact) mass is 594 g/mol. The van der Waals surface area contributed by atoms with Crippen molar-refractivity contribution in [1.82, 2.24) is 4.57 Å². The molecule has 0 fully saturated rings. The first-order chi connectivity index (χ1) is 20.1. The van der Waals surface area contributed by atoms with Crippen molar-refractivity contribution in [2.24, 2.45) is 0 Å². The predicted octanol–water partition coefficient (Wildman–Crippen LogP) is 3.65. The van der Waals surface area contributed by atoms with Gasteiger partial charge in [-0.25, -0.2) is 4.79 Å². The molecule has 0 spiro atoms. The largest absolute Gasteiger partial charge is 0.497 e. The van der Waals surface area contributed by atoms with Crippen LogP contribution in [0.25, 0.3) is 29.2 Å². The van der Waals surface area contributed by atoms with Crippen LogP contribution in [-0.4, -0.2) is 38.3 Å². The Balaban J connectivity index is 1.55. The topological polar surface area (TPSA) is 134 Å². The molecule has 220 valence electrons. The van der Waals surface area contributed by atoms with Gasteiger partial charge in [-0.2, -0.15) is 8.42 Å². The smallest absolute Gasteiger partial charge is 0.361 e. The summed E-state index contributed by atoms with van der Waals surface area (Å²) >= 11 is 0. The Bertz CT molecular complexity index is 2000. The van der Waals surface area contributed by atoms with E-state index in [0.717, 1.165) is 21.2 Å². The van der Waals surface area contributed by atoms with Crippen LogP contribution in [0, 0.1) is 0 Å². The van der Waals surface area contributed by atoms with Gasteiger partial charge in [-0.3, -0.25) is 9.12 Å². The van der Waals surface area contributed by atoms with Crippen LogP contribution in [0.3, 0.4) is 0 Å². The highest BCUT2D eigenvalue weighted by Crippen LogP contribution is 2.41. The molecular formula is C30H30N2O9S. The lowest BCUT2D eigenvalue weighted by atomic mass is 10.1. The van der Waals surface area contributed by atoms with E-state index in [1.807, 2.05) is 43.0 Å². The number of oxazole rings is 1. The summed E-state index contributed by atoms with van der Waals surface area (Å²) in [4.78, 5) is 14.7. The highest BCUT2D eigenvalue weighted by molar-refractivity contribution is 7.84. The molecule has 5 rings (SSSR count). The molecule has 0 saturated heterocycles. The minimum Gasteiger partial charge on any atom is -0.497 e. The molecule has 1 aliphatic rings. The SMILES string of the molecule is CCc1c(/C=C/C=c2\oc(=O)/c(=C/C=C3\Oc4cc(OC)ccc4N3CC)n2CS(=O)(=O)O)oc2cc(OC)ccc12. The Labute approximate surface area is 241 Å². The molecule has 0 atom stereocenters. The summed E-state index contributed by atoms with van der Waals surface area (Å²) in [5.41, 5.74) is 1.58.